The Kier molecular flexibility index (Phi) is 3.29. The summed E-state index contributed by atoms with van der Waals surface area (Å²) in [6.45, 7) is 7.78. The minimum atomic E-state index is 0.225. The lowest BCUT2D eigenvalue weighted by atomic mass is 9.93. The smallest absolute Gasteiger partial charge is 0.160 e. The molecule has 0 aliphatic carbocycles. The Morgan fingerprint density at radius 3 is 2.71 bits per heavy atom. The van der Waals surface area contributed by atoms with Crippen LogP contribution in [0, 0.1) is 5.41 Å². The van der Waals surface area contributed by atoms with E-state index >= 15 is 0 Å². The molecular weight excluding hydrogens is 214 g/mol. The van der Waals surface area contributed by atoms with Crippen LogP contribution in [0.4, 0.5) is 0 Å². The highest BCUT2D eigenvalue weighted by Crippen LogP contribution is 2.31. The highest BCUT2D eigenvalue weighted by Gasteiger charge is 2.28. The van der Waals surface area contributed by atoms with Crippen LogP contribution in [0.2, 0.25) is 0 Å². The van der Waals surface area contributed by atoms with Crippen molar-refractivity contribution in [1.82, 2.24) is 4.90 Å². The summed E-state index contributed by atoms with van der Waals surface area (Å²) in [5.74, 6) is 0.763. The zero-order valence-electron chi connectivity index (χ0n) is 10.9. The molecule has 1 fully saturated rings. The van der Waals surface area contributed by atoms with Gasteiger partial charge in [0.25, 0.3) is 0 Å². The van der Waals surface area contributed by atoms with E-state index < -0.39 is 0 Å². The Morgan fingerprint density at radius 1 is 1.41 bits per heavy atom. The largest absolute Gasteiger partial charge is 0.504 e. The summed E-state index contributed by atoms with van der Waals surface area (Å²) < 4.78 is 5.04. The van der Waals surface area contributed by atoms with Crippen LogP contribution in [-0.2, 0) is 6.54 Å². The average Bonchev–Trinajstić information content (AvgIpc) is 2.58. The SMILES string of the molecule is COc1ccc(CN2CCC(C)(C)C2)cc1O. The number of rotatable bonds is 3. The van der Waals surface area contributed by atoms with Crippen molar-refractivity contribution in [2.24, 2.45) is 5.41 Å². The molecule has 0 radical (unpaired) electrons. The molecule has 1 N–H and O–H groups in total. The summed E-state index contributed by atoms with van der Waals surface area (Å²) in [6, 6.07) is 5.64. The van der Waals surface area contributed by atoms with Crippen LogP contribution >= 0.6 is 0 Å². The first-order valence-corrected chi connectivity index (χ1v) is 6.08. The van der Waals surface area contributed by atoms with Gasteiger partial charge in [0.2, 0.25) is 0 Å². The zero-order valence-corrected chi connectivity index (χ0v) is 10.9. The third-order valence-electron chi connectivity index (χ3n) is 3.41. The van der Waals surface area contributed by atoms with Gasteiger partial charge >= 0.3 is 0 Å². The number of aromatic hydroxyl groups is 1. The lowest BCUT2D eigenvalue weighted by Crippen LogP contribution is -2.22. The van der Waals surface area contributed by atoms with Crippen LogP contribution in [0.3, 0.4) is 0 Å². The molecule has 1 heterocycles. The van der Waals surface area contributed by atoms with Crippen LogP contribution in [0.5, 0.6) is 11.5 Å². The van der Waals surface area contributed by atoms with Gasteiger partial charge in [-0.1, -0.05) is 19.9 Å². The van der Waals surface area contributed by atoms with E-state index in [0.29, 0.717) is 11.2 Å². The zero-order chi connectivity index (χ0) is 12.5. The molecule has 0 amide bonds. The Bertz CT molecular complexity index is 401. The molecule has 94 valence electrons. The van der Waals surface area contributed by atoms with Crippen molar-refractivity contribution in [2.45, 2.75) is 26.8 Å². The second-order valence-corrected chi connectivity index (χ2v) is 5.63. The predicted molar refractivity (Wildman–Crippen MR) is 68.3 cm³/mol. The van der Waals surface area contributed by atoms with Gasteiger partial charge in [-0.05, 0) is 36.1 Å². The summed E-state index contributed by atoms with van der Waals surface area (Å²) in [5, 5.41) is 9.72. The van der Waals surface area contributed by atoms with Crippen molar-refractivity contribution in [3.8, 4) is 11.5 Å². The molecule has 0 unspecified atom stereocenters. The number of hydrogen-bond acceptors (Lipinski definition) is 3. The minimum Gasteiger partial charge on any atom is -0.504 e. The normalized spacial score (nSPS) is 19.5. The fourth-order valence-electron chi connectivity index (χ4n) is 2.45. The van der Waals surface area contributed by atoms with E-state index in [0.717, 1.165) is 25.2 Å². The predicted octanol–water partition coefficient (Wildman–Crippen LogP) is 2.63. The second kappa shape index (κ2) is 4.57. The van der Waals surface area contributed by atoms with Crippen molar-refractivity contribution in [3.05, 3.63) is 23.8 Å². The molecule has 1 aromatic carbocycles. The lowest BCUT2D eigenvalue weighted by Gasteiger charge is -2.19. The number of hydrogen-bond donors (Lipinski definition) is 1. The Hall–Kier alpha value is -1.22. The van der Waals surface area contributed by atoms with Crippen LogP contribution in [0.25, 0.3) is 0 Å². The van der Waals surface area contributed by atoms with Gasteiger partial charge in [-0.2, -0.15) is 0 Å². The van der Waals surface area contributed by atoms with Crippen LogP contribution in [-0.4, -0.2) is 30.2 Å². The highest BCUT2D eigenvalue weighted by molar-refractivity contribution is 5.41. The van der Waals surface area contributed by atoms with Crippen LogP contribution in [0.15, 0.2) is 18.2 Å². The number of nitrogens with zero attached hydrogens (tertiary/aromatic N) is 1. The molecule has 1 aliphatic rings. The number of phenols is 1. The van der Waals surface area contributed by atoms with Gasteiger partial charge in [-0.25, -0.2) is 0 Å². The topological polar surface area (TPSA) is 32.7 Å². The molecule has 0 atom stereocenters. The molecule has 0 bridgehead atoms. The molecule has 1 aliphatic heterocycles. The number of benzene rings is 1. The van der Waals surface area contributed by atoms with E-state index in [4.69, 9.17) is 4.74 Å². The summed E-state index contributed by atoms with van der Waals surface area (Å²) in [4.78, 5) is 2.43. The van der Waals surface area contributed by atoms with Gasteiger partial charge in [-0.15, -0.1) is 0 Å². The quantitative estimate of drug-likeness (QED) is 0.874. The van der Waals surface area contributed by atoms with Crippen molar-refractivity contribution in [3.63, 3.8) is 0 Å². The number of likely N-dealkylation sites (tertiary alicyclic amines) is 1. The standard InChI is InChI=1S/C14H21NO2/c1-14(2)6-7-15(10-14)9-11-4-5-13(17-3)12(16)8-11/h4-5,8,16H,6-7,9-10H2,1-3H3. The van der Waals surface area contributed by atoms with E-state index in [2.05, 4.69) is 18.7 Å². The molecule has 1 aromatic rings. The Balaban J connectivity index is 2.02. The van der Waals surface area contributed by atoms with E-state index in [1.807, 2.05) is 12.1 Å². The molecule has 1 saturated heterocycles. The molecule has 3 nitrogen and oxygen atoms in total. The second-order valence-electron chi connectivity index (χ2n) is 5.63. The summed E-state index contributed by atoms with van der Waals surface area (Å²) in [6.07, 6.45) is 1.25. The van der Waals surface area contributed by atoms with Gasteiger partial charge < -0.3 is 9.84 Å². The van der Waals surface area contributed by atoms with Gasteiger partial charge in [0.15, 0.2) is 11.5 Å². The van der Waals surface area contributed by atoms with Crippen LogP contribution in [0.1, 0.15) is 25.8 Å². The van der Waals surface area contributed by atoms with Gasteiger partial charge in [0, 0.05) is 13.1 Å². The van der Waals surface area contributed by atoms with Gasteiger partial charge in [-0.3, -0.25) is 4.90 Å². The molecule has 2 rings (SSSR count). The maximum absolute atomic E-state index is 9.72. The third-order valence-corrected chi connectivity index (χ3v) is 3.41. The number of methoxy groups -OCH3 is 1. The summed E-state index contributed by atoms with van der Waals surface area (Å²) >= 11 is 0. The fourth-order valence-corrected chi connectivity index (χ4v) is 2.45. The number of phenolic OH excluding ortho intramolecular Hbond substituents is 1. The van der Waals surface area contributed by atoms with Crippen molar-refractivity contribution >= 4 is 0 Å². The Morgan fingerprint density at radius 2 is 2.18 bits per heavy atom. The van der Waals surface area contributed by atoms with Crippen molar-refractivity contribution < 1.29 is 9.84 Å². The molecule has 0 saturated carbocycles. The van der Waals surface area contributed by atoms with E-state index in [1.54, 1.807) is 13.2 Å². The van der Waals surface area contributed by atoms with E-state index in [9.17, 15) is 5.11 Å². The first kappa shape index (κ1) is 12.2. The maximum Gasteiger partial charge on any atom is 0.160 e. The molecule has 0 spiro atoms. The molecule has 3 heteroatoms. The monoisotopic (exact) mass is 235 g/mol. The Labute approximate surface area is 103 Å². The summed E-state index contributed by atoms with van der Waals surface area (Å²) in [5.41, 5.74) is 1.56. The van der Waals surface area contributed by atoms with Gasteiger partial charge in [0.1, 0.15) is 0 Å². The van der Waals surface area contributed by atoms with Crippen molar-refractivity contribution in [2.75, 3.05) is 20.2 Å². The third kappa shape index (κ3) is 2.91. The van der Waals surface area contributed by atoms with Crippen molar-refractivity contribution in [1.29, 1.82) is 0 Å². The highest BCUT2D eigenvalue weighted by atomic mass is 16.5. The fraction of sp³-hybridized carbons (Fsp3) is 0.571. The van der Waals surface area contributed by atoms with Crippen LogP contribution < -0.4 is 4.74 Å². The van der Waals surface area contributed by atoms with Gasteiger partial charge in [0.05, 0.1) is 7.11 Å². The lowest BCUT2D eigenvalue weighted by molar-refractivity contribution is 0.284. The minimum absolute atomic E-state index is 0.225. The molecular formula is C14H21NO2. The average molecular weight is 235 g/mol. The number of ether oxygens (including phenoxy) is 1. The first-order chi connectivity index (χ1) is 8.00. The summed E-state index contributed by atoms with van der Waals surface area (Å²) in [7, 11) is 1.57. The molecule has 0 aromatic heterocycles. The maximum atomic E-state index is 9.72. The molecule has 17 heavy (non-hydrogen) atoms. The first-order valence-electron chi connectivity index (χ1n) is 6.08. The van der Waals surface area contributed by atoms with E-state index in [-0.39, 0.29) is 5.75 Å². The van der Waals surface area contributed by atoms with E-state index in [1.165, 1.54) is 6.42 Å².